The Hall–Kier alpha value is -1.56. The minimum Gasteiger partial charge on any atom is -0.356 e. The molecule has 0 unspecified atom stereocenters. The summed E-state index contributed by atoms with van der Waals surface area (Å²) >= 11 is 0. The quantitative estimate of drug-likeness (QED) is 0.819. The molecule has 0 aliphatic carbocycles. The van der Waals surface area contributed by atoms with Gasteiger partial charge in [-0.05, 0) is 37.4 Å². The molecule has 0 aromatic heterocycles. The number of benzene rings is 1. The molecule has 1 aliphatic rings. The molecular weight excluding hydrogens is 293 g/mol. The number of likely N-dealkylation sites (tertiary alicyclic amines) is 1. The Bertz CT molecular complexity index is 536. The van der Waals surface area contributed by atoms with Crippen LogP contribution >= 0.6 is 0 Å². The van der Waals surface area contributed by atoms with Gasteiger partial charge in [-0.25, -0.2) is 13.2 Å². The molecule has 1 aromatic rings. The number of halogens is 3. The predicted octanol–water partition coefficient (Wildman–Crippen LogP) is 2.84. The van der Waals surface area contributed by atoms with Crippen molar-refractivity contribution in [2.24, 2.45) is 5.92 Å². The molecule has 1 saturated heterocycles. The number of carbonyl (C=O) groups is 1. The van der Waals surface area contributed by atoms with E-state index in [1.54, 1.807) is 0 Å². The van der Waals surface area contributed by atoms with Crippen molar-refractivity contribution in [1.82, 2.24) is 10.2 Å². The van der Waals surface area contributed by atoms with Gasteiger partial charge in [0.15, 0.2) is 11.6 Å². The molecule has 122 valence electrons. The SMILES string of the molecule is CCCC(=O)NC[C@@H]1CCN(Cc2c(F)ccc(F)c2F)C1. The van der Waals surface area contributed by atoms with Gasteiger partial charge in [0.1, 0.15) is 5.82 Å². The zero-order chi connectivity index (χ0) is 16.1. The lowest BCUT2D eigenvalue weighted by Gasteiger charge is -2.17. The first-order chi connectivity index (χ1) is 10.5. The molecule has 0 radical (unpaired) electrons. The van der Waals surface area contributed by atoms with Gasteiger partial charge in [0.2, 0.25) is 5.91 Å². The molecular formula is C16H21F3N2O. The molecule has 0 bridgehead atoms. The van der Waals surface area contributed by atoms with Crippen molar-refractivity contribution in [3.8, 4) is 0 Å². The van der Waals surface area contributed by atoms with Gasteiger partial charge in [0.25, 0.3) is 0 Å². The summed E-state index contributed by atoms with van der Waals surface area (Å²) in [4.78, 5) is 13.3. The van der Waals surface area contributed by atoms with E-state index in [9.17, 15) is 18.0 Å². The Morgan fingerprint density at radius 2 is 2.05 bits per heavy atom. The van der Waals surface area contributed by atoms with Crippen LogP contribution in [0, 0.1) is 23.4 Å². The molecule has 1 aliphatic heterocycles. The number of carbonyl (C=O) groups excluding carboxylic acids is 1. The lowest BCUT2D eigenvalue weighted by molar-refractivity contribution is -0.121. The van der Waals surface area contributed by atoms with Crippen LogP contribution in [0.4, 0.5) is 13.2 Å². The molecule has 22 heavy (non-hydrogen) atoms. The fraction of sp³-hybridized carbons (Fsp3) is 0.562. The highest BCUT2D eigenvalue weighted by Crippen LogP contribution is 2.22. The third-order valence-electron chi connectivity index (χ3n) is 3.96. The maximum atomic E-state index is 13.7. The van der Waals surface area contributed by atoms with E-state index in [4.69, 9.17) is 0 Å². The third-order valence-corrected chi connectivity index (χ3v) is 3.96. The Kier molecular flexibility index (Phi) is 5.83. The highest BCUT2D eigenvalue weighted by atomic mass is 19.2. The second kappa shape index (κ2) is 7.63. The van der Waals surface area contributed by atoms with Gasteiger partial charge in [-0.1, -0.05) is 6.92 Å². The van der Waals surface area contributed by atoms with Crippen molar-refractivity contribution in [2.75, 3.05) is 19.6 Å². The number of amides is 1. The molecule has 1 amide bonds. The monoisotopic (exact) mass is 314 g/mol. The normalized spacial score (nSPS) is 18.6. The fourth-order valence-corrected chi connectivity index (χ4v) is 2.73. The topological polar surface area (TPSA) is 32.3 Å². The van der Waals surface area contributed by atoms with Crippen LogP contribution in [0.15, 0.2) is 12.1 Å². The van der Waals surface area contributed by atoms with E-state index in [1.807, 2.05) is 11.8 Å². The van der Waals surface area contributed by atoms with E-state index in [0.717, 1.165) is 25.0 Å². The first kappa shape index (κ1) is 16.8. The van der Waals surface area contributed by atoms with Crippen molar-refractivity contribution in [3.63, 3.8) is 0 Å². The Morgan fingerprint density at radius 1 is 1.32 bits per heavy atom. The van der Waals surface area contributed by atoms with E-state index in [2.05, 4.69) is 5.32 Å². The smallest absolute Gasteiger partial charge is 0.219 e. The number of nitrogens with zero attached hydrogens (tertiary/aromatic N) is 1. The minimum absolute atomic E-state index is 0.0307. The van der Waals surface area contributed by atoms with Crippen LogP contribution in [-0.2, 0) is 11.3 Å². The van der Waals surface area contributed by atoms with E-state index < -0.39 is 17.5 Å². The summed E-state index contributed by atoms with van der Waals surface area (Å²) in [6.07, 6.45) is 2.17. The lowest BCUT2D eigenvalue weighted by atomic mass is 10.1. The average molecular weight is 314 g/mol. The summed E-state index contributed by atoms with van der Waals surface area (Å²) < 4.78 is 40.5. The van der Waals surface area contributed by atoms with Crippen molar-refractivity contribution >= 4 is 5.91 Å². The van der Waals surface area contributed by atoms with E-state index in [1.165, 1.54) is 0 Å². The van der Waals surface area contributed by atoms with Gasteiger partial charge in [-0.3, -0.25) is 9.69 Å². The van der Waals surface area contributed by atoms with Crippen molar-refractivity contribution in [3.05, 3.63) is 35.1 Å². The van der Waals surface area contributed by atoms with E-state index >= 15 is 0 Å². The summed E-state index contributed by atoms with van der Waals surface area (Å²) in [5.74, 6) is -2.57. The van der Waals surface area contributed by atoms with Gasteiger partial charge >= 0.3 is 0 Å². The van der Waals surface area contributed by atoms with Crippen molar-refractivity contribution < 1.29 is 18.0 Å². The number of hydrogen-bond donors (Lipinski definition) is 1. The second-order valence-corrected chi connectivity index (χ2v) is 5.77. The van der Waals surface area contributed by atoms with Gasteiger partial charge in [0, 0.05) is 31.6 Å². The number of rotatable bonds is 6. The Morgan fingerprint density at radius 3 is 2.77 bits per heavy atom. The van der Waals surface area contributed by atoms with Crippen LogP contribution in [0.2, 0.25) is 0 Å². The van der Waals surface area contributed by atoms with Gasteiger partial charge in [0.05, 0.1) is 0 Å². The standard InChI is InChI=1S/C16H21F3N2O/c1-2-3-15(22)20-8-11-6-7-21(9-11)10-12-13(17)4-5-14(18)16(12)19/h4-5,11H,2-3,6-10H2,1H3,(H,20,22)/t11-/m0/s1. The zero-order valence-electron chi connectivity index (χ0n) is 12.7. The maximum absolute atomic E-state index is 13.7. The number of nitrogens with one attached hydrogen (secondary N) is 1. The van der Waals surface area contributed by atoms with Gasteiger partial charge < -0.3 is 5.32 Å². The summed E-state index contributed by atoms with van der Waals surface area (Å²) in [5.41, 5.74) is -0.226. The summed E-state index contributed by atoms with van der Waals surface area (Å²) in [6, 6.07) is 1.75. The van der Waals surface area contributed by atoms with Crippen LogP contribution in [0.1, 0.15) is 31.7 Å². The van der Waals surface area contributed by atoms with Crippen LogP contribution in [0.25, 0.3) is 0 Å². The van der Waals surface area contributed by atoms with Crippen LogP contribution < -0.4 is 5.32 Å². The van der Waals surface area contributed by atoms with E-state index in [-0.39, 0.29) is 23.9 Å². The summed E-state index contributed by atoms with van der Waals surface area (Å²) in [7, 11) is 0. The fourth-order valence-electron chi connectivity index (χ4n) is 2.73. The second-order valence-electron chi connectivity index (χ2n) is 5.77. The maximum Gasteiger partial charge on any atom is 0.219 e. The first-order valence-electron chi connectivity index (χ1n) is 7.62. The van der Waals surface area contributed by atoms with E-state index in [0.29, 0.717) is 26.1 Å². The Labute approximate surface area is 128 Å². The first-order valence-corrected chi connectivity index (χ1v) is 7.62. The van der Waals surface area contributed by atoms with Crippen LogP contribution in [0.5, 0.6) is 0 Å². The highest BCUT2D eigenvalue weighted by Gasteiger charge is 2.25. The zero-order valence-corrected chi connectivity index (χ0v) is 12.7. The largest absolute Gasteiger partial charge is 0.356 e. The molecule has 6 heteroatoms. The molecule has 1 N–H and O–H groups in total. The molecule has 1 heterocycles. The summed E-state index contributed by atoms with van der Waals surface area (Å²) in [5, 5.41) is 2.87. The minimum atomic E-state index is -1.11. The molecule has 0 spiro atoms. The molecule has 0 saturated carbocycles. The molecule has 1 fully saturated rings. The summed E-state index contributed by atoms with van der Waals surface area (Å²) in [6.45, 7) is 3.89. The molecule has 2 rings (SSSR count). The van der Waals surface area contributed by atoms with Crippen molar-refractivity contribution in [1.29, 1.82) is 0 Å². The van der Waals surface area contributed by atoms with Crippen LogP contribution in [0.3, 0.4) is 0 Å². The predicted molar refractivity (Wildman–Crippen MR) is 77.6 cm³/mol. The third kappa shape index (κ3) is 4.22. The van der Waals surface area contributed by atoms with Gasteiger partial charge in [-0.2, -0.15) is 0 Å². The molecule has 3 nitrogen and oxygen atoms in total. The average Bonchev–Trinajstić information content (AvgIpc) is 2.94. The molecule has 1 aromatic carbocycles. The lowest BCUT2D eigenvalue weighted by Crippen LogP contribution is -2.30. The van der Waals surface area contributed by atoms with Gasteiger partial charge in [-0.15, -0.1) is 0 Å². The van der Waals surface area contributed by atoms with Crippen molar-refractivity contribution in [2.45, 2.75) is 32.7 Å². The Balaban J connectivity index is 1.87. The highest BCUT2D eigenvalue weighted by molar-refractivity contribution is 5.75. The number of hydrogen-bond acceptors (Lipinski definition) is 2. The molecule has 1 atom stereocenters. The van der Waals surface area contributed by atoms with Crippen LogP contribution in [-0.4, -0.2) is 30.4 Å².